The van der Waals surface area contributed by atoms with Crippen LogP contribution in [0.25, 0.3) is 0 Å². The molecule has 1 aromatic rings. The lowest BCUT2D eigenvalue weighted by Crippen LogP contribution is -2.16. The van der Waals surface area contributed by atoms with Gasteiger partial charge in [0.25, 0.3) is 5.91 Å². The molecule has 0 atom stereocenters. The van der Waals surface area contributed by atoms with Crippen LogP contribution in [0.15, 0.2) is 41.0 Å². The number of nitrogens with two attached hydrogens (primary N) is 1. The van der Waals surface area contributed by atoms with Gasteiger partial charge >= 0.3 is 0 Å². The largest absolute Gasteiger partial charge is 0.404 e. The van der Waals surface area contributed by atoms with Gasteiger partial charge in [-0.3, -0.25) is 9.79 Å². The molecule has 1 rings (SSSR count). The van der Waals surface area contributed by atoms with E-state index in [0.29, 0.717) is 11.5 Å². The first-order valence-electron chi connectivity index (χ1n) is 5.83. The number of carbonyl (C=O) groups is 1. The lowest BCUT2D eigenvalue weighted by atomic mass is 10.0. The number of carbonyl (C=O) groups excluding carboxylic acids is 1. The Hall–Kier alpha value is -2.10. The highest BCUT2D eigenvalue weighted by Crippen LogP contribution is 2.18. The van der Waals surface area contributed by atoms with Crippen molar-refractivity contribution >= 4 is 17.8 Å². The number of benzene rings is 1. The topological polar surface area (TPSA) is 67.5 Å². The molecule has 3 N–H and O–H groups in total. The number of amides is 1. The average molecular weight is 245 g/mol. The van der Waals surface area contributed by atoms with Crippen molar-refractivity contribution in [3.8, 4) is 0 Å². The summed E-state index contributed by atoms with van der Waals surface area (Å²) in [6.07, 6.45) is 2.68. The first-order valence-corrected chi connectivity index (χ1v) is 5.83. The van der Waals surface area contributed by atoms with E-state index < -0.39 is 0 Å². The normalized spacial score (nSPS) is 12.1. The van der Waals surface area contributed by atoms with Gasteiger partial charge in [-0.2, -0.15) is 0 Å². The maximum absolute atomic E-state index is 11.9. The third kappa shape index (κ3) is 3.73. The van der Waals surface area contributed by atoms with E-state index in [2.05, 4.69) is 24.2 Å². The van der Waals surface area contributed by atoms with E-state index in [-0.39, 0.29) is 5.91 Å². The highest BCUT2D eigenvalue weighted by Gasteiger charge is 2.07. The average Bonchev–Trinajstić information content (AvgIpc) is 2.36. The Morgan fingerprint density at radius 3 is 2.72 bits per heavy atom. The summed E-state index contributed by atoms with van der Waals surface area (Å²) in [5, 5.41) is 2.79. The summed E-state index contributed by atoms with van der Waals surface area (Å²) in [6, 6.07) is 7.76. The van der Waals surface area contributed by atoms with Crippen molar-refractivity contribution in [3.63, 3.8) is 0 Å². The minimum Gasteiger partial charge on any atom is -0.404 e. The quantitative estimate of drug-likeness (QED) is 0.631. The molecular formula is C14H19N3O. The van der Waals surface area contributed by atoms with Crippen molar-refractivity contribution in [3.05, 3.63) is 41.6 Å². The monoisotopic (exact) mass is 245 g/mol. The van der Waals surface area contributed by atoms with Crippen molar-refractivity contribution in [2.75, 3.05) is 12.4 Å². The van der Waals surface area contributed by atoms with Crippen molar-refractivity contribution < 1.29 is 4.79 Å². The molecular weight excluding hydrogens is 226 g/mol. The lowest BCUT2D eigenvalue weighted by Gasteiger charge is -2.09. The van der Waals surface area contributed by atoms with E-state index in [1.54, 1.807) is 7.05 Å². The molecule has 0 saturated heterocycles. The zero-order chi connectivity index (χ0) is 13.5. The number of aliphatic imine (C=N–C) groups is 1. The highest BCUT2D eigenvalue weighted by molar-refractivity contribution is 6.17. The summed E-state index contributed by atoms with van der Waals surface area (Å²) < 4.78 is 0. The zero-order valence-electron chi connectivity index (χ0n) is 11.0. The van der Waals surface area contributed by atoms with Crippen molar-refractivity contribution in [1.82, 2.24) is 0 Å². The highest BCUT2D eigenvalue weighted by atomic mass is 16.1. The summed E-state index contributed by atoms with van der Waals surface area (Å²) in [4.78, 5) is 15.6. The fourth-order valence-corrected chi connectivity index (χ4v) is 1.50. The third-order valence-electron chi connectivity index (χ3n) is 2.52. The first kappa shape index (κ1) is 14.0. The minimum atomic E-state index is -0.260. The summed E-state index contributed by atoms with van der Waals surface area (Å²) in [7, 11) is 1.59. The molecule has 0 radical (unpaired) electrons. The van der Waals surface area contributed by atoms with E-state index in [4.69, 9.17) is 5.73 Å². The van der Waals surface area contributed by atoms with Gasteiger partial charge < -0.3 is 11.1 Å². The molecule has 4 heteroatoms. The molecule has 0 saturated carbocycles. The Morgan fingerprint density at radius 2 is 2.17 bits per heavy atom. The maximum atomic E-state index is 11.9. The van der Waals surface area contributed by atoms with Crippen molar-refractivity contribution in [1.29, 1.82) is 0 Å². The Balaban J connectivity index is 2.85. The number of rotatable bonds is 4. The van der Waals surface area contributed by atoms with Crippen LogP contribution in [0.1, 0.15) is 25.3 Å². The molecule has 1 amide bonds. The molecule has 0 bridgehead atoms. The van der Waals surface area contributed by atoms with Gasteiger partial charge in [0.2, 0.25) is 0 Å². The van der Waals surface area contributed by atoms with E-state index in [1.165, 1.54) is 18.0 Å². The van der Waals surface area contributed by atoms with Crippen LogP contribution in [0.2, 0.25) is 0 Å². The Labute approximate surface area is 108 Å². The number of hydrogen-bond donors (Lipinski definition) is 2. The molecule has 0 aliphatic rings. The molecule has 0 fully saturated rings. The molecule has 0 aromatic heterocycles. The van der Waals surface area contributed by atoms with Gasteiger partial charge in [0.15, 0.2) is 0 Å². The summed E-state index contributed by atoms with van der Waals surface area (Å²) in [6.45, 7) is 4.21. The second kappa shape index (κ2) is 6.59. The van der Waals surface area contributed by atoms with Crippen LogP contribution in [-0.4, -0.2) is 19.2 Å². The van der Waals surface area contributed by atoms with Crippen LogP contribution in [0.5, 0.6) is 0 Å². The van der Waals surface area contributed by atoms with Gasteiger partial charge in [-0.25, -0.2) is 0 Å². The van der Waals surface area contributed by atoms with E-state index >= 15 is 0 Å². The Bertz CT molecular complexity index is 476. The fraction of sp³-hybridized carbons (Fsp3) is 0.286. The van der Waals surface area contributed by atoms with E-state index in [9.17, 15) is 4.79 Å². The smallest absolute Gasteiger partial charge is 0.258 e. The SMILES string of the molecule is CN=CC(=CN)C(=O)Nc1cccc(C(C)C)c1. The molecule has 4 nitrogen and oxygen atoms in total. The number of nitrogens with one attached hydrogen (secondary N) is 1. The van der Waals surface area contributed by atoms with Gasteiger partial charge in [-0.05, 0) is 23.6 Å². The van der Waals surface area contributed by atoms with Crippen LogP contribution in [0.4, 0.5) is 5.69 Å². The molecule has 96 valence electrons. The summed E-state index contributed by atoms with van der Waals surface area (Å²) >= 11 is 0. The minimum absolute atomic E-state index is 0.260. The summed E-state index contributed by atoms with van der Waals surface area (Å²) in [5.74, 6) is 0.160. The second-order valence-electron chi connectivity index (χ2n) is 4.24. The molecule has 0 aliphatic carbocycles. The van der Waals surface area contributed by atoms with Gasteiger partial charge in [0.1, 0.15) is 0 Å². The second-order valence-corrected chi connectivity index (χ2v) is 4.24. The Kier molecular flexibility index (Phi) is 5.11. The maximum Gasteiger partial charge on any atom is 0.258 e. The van der Waals surface area contributed by atoms with Crippen molar-refractivity contribution in [2.24, 2.45) is 10.7 Å². The molecule has 18 heavy (non-hydrogen) atoms. The van der Waals surface area contributed by atoms with Gasteiger partial charge in [-0.15, -0.1) is 0 Å². The fourth-order valence-electron chi connectivity index (χ4n) is 1.50. The summed E-state index contributed by atoms with van der Waals surface area (Å²) in [5.41, 5.74) is 7.65. The van der Waals surface area contributed by atoms with Gasteiger partial charge in [-0.1, -0.05) is 26.0 Å². The number of hydrogen-bond acceptors (Lipinski definition) is 3. The van der Waals surface area contributed by atoms with E-state index in [1.807, 2.05) is 24.3 Å². The zero-order valence-corrected chi connectivity index (χ0v) is 11.0. The number of anilines is 1. The lowest BCUT2D eigenvalue weighted by molar-refractivity contribution is -0.112. The van der Waals surface area contributed by atoms with Gasteiger partial charge in [0, 0.05) is 25.1 Å². The van der Waals surface area contributed by atoms with Crippen LogP contribution < -0.4 is 11.1 Å². The third-order valence-corrected chi connectivity index (χ3v) is 2.52. The van der Waals surface area contributed by atoms with Crippen LogP contribution in [-0.2, 0) is 4.79 Å². The molecule has 0 heterocycles. The first-order chi connectivity index (χ1) is 8.58. The molecule has 0 spiro atoms. The van der Waals surface area contributed by atoms with Gasteiger partial charge in [0.05, 0.1) is 5.57 Å². The van der Waals surface area contributed by atoms with Crippen molar-refractivity contribution in [2.45, 2.75) is 19.8 Å². The predicted molar refractivity (Wildman–Crippen MR) is 75.8 cm³/mol. The molecule has 0 unspecified atom stereocenters. The standard InChI is InChI=1S/C14H19N3O/c1-10(2)11-5-4-6-13(7-11)17-14(18)12(8-15)9-16-3/h4-10H,15H2,1-3H3,(H,17,18). The molecule has 0 aliphatic heterocycles. The predicted octanol–water partition coefficient (Wildman–Crippen LogP) is 2.29. The van der Waals surface area contributed by atoms with Crippen LogP contribution >= 0.6 is 0 Å². The Morgan fingerprint density at radius 1 is 1.44 bits per heavy atom. The van der Waals surface area contributed by atoms with Crippen LogP contribution in [0, 0.1) is 0 Å². The van der Waals surface area contributed by atoms with E-state index in [0.717, 1.165) is 5.69 Å². The molecule has 1 aromatic carbocycles. The number of nitrogens with zero attached hydrogens (tertiary/aromatic N) is 1. The van der Waals surface area contributed by atoms with Crippen LogP contribution in [0.3, 0.4) is 0 Å².